The summed E-state index contributed by atoms with van der Waals surface area (Å²) in [6.07, 6.45) is 2.01. The van der Waals surface area contributed by atoms with Crippen molar-refractivity contribution >= 4 is 23.2 Å². The van der Waals surface area contributed by atoms with Crippen LogP contribution in [-0.2, 0) is 4.79 Å². The van der Waals surface area contributed by atoms with E-state index in [1.54, 1.807) is 0 Å². The lowest BCUT2D eigenvalue weighted by Crippen LogP contribution is -2.49. The van der Waals surface area contributed by atoms with Crippen LogP contribution in [0.5, 0.6) is 0 Å². The molecule has 1 fully saturated rings. The zero-order chi connectivity index (χ0) is 20.9. The summed E-state index contributed by atoms with van der Waals surface area (Å²) >= 11 is 0. The fourth-order valence-corrected chi connectivity index (χ4v) is 4.00. The molecule has 0 aromatic heterocycles. The van der Waals surface area contributed by atoms with Crippen molar-refractivity contribution in [3.63, 3.8) is 0 Å². The van der Waals surface area contributed by atoms with Crippen LogP contribution >= 0.6 is 0 Å². The summed E-state index contributed by atoms with van der Waals surface area (Å²) in [6.45, 7) is 7.49. The van der Waals surface area contributed by atoms with Gasteiger partial charge in [-0.2, -0.15) is 0 Å². The molecule has 1 heterocycles. The van der Waals surface area contributed by atoms with Crippen LogP contribution in [0.1, 0.15) is 22.3 Å². The lowest BCUT2D eigenvalue weighted by atomic mass is 10.0. The largest absolute Gasteiger partial charge is 0.368 e. The van der Waals surface area contributed by atoms with Gasteiger partial charge in [0.25, 0.3) is 5.91 Å². The van der Waals surface area contributed by atoms with Gasteiger partial charge < -0.3 is 9.80 Å². The second-order valence-electron chi connectivity index (χ2n) is 7.83. The number of carbonyl (C=O) groups is 1. The highest BCUT2D eigenvalue weighted by atomic mass is 16.2. The standard InChI is InChI=1S/C27H28N2O/c1-21-10-9-15-26(22(21)2)28-16-18-29(19-17-28)27(30)25(24-13-7-4-8-14-24)20-23-11-5-3-6-12-23/h3-15,20H,16-19H2,1-2H3/b25-20+. The van der Waals surface area contributed by atoms with Gasteiger partial charge in [0.2, 0.25) is 0 Å². The minimum Gasteiger partial charge on any atom is -0.368 e. The Morgan fingerprint density at radius 2 is 1.40 bits per heavy atom. The van der Waals surface area contributed by atoms with E-state index < -0.39 is 0 Å². The number of piperazine rings is 1. The molecule has 3 aromatic rings. The van der Waals surface area contributed by atoms with Crippen LogP contribution in [0.4, 0.5) is 5.69 Å². The van der Waals surface area contributed by atoms with Gasteiger partial charge in [-0.1, -0.05) is 72.8 Å². The highest BCUT2D eigenvalue weighted by Crippen LogP contribution is 2.26. The molecule has 152 valence electrons. The third-order valence-corrected chi connectivity index (χ3v) is 5.91. The average molecular weight is 397 g/mol. The number of nitrogens with zero attached hydrogens (tertiary/aromatic N) is 2. The van der Waals surface area contributed by atoms with Gasteiger partial charge in [-0.05, 0) is 48.2 Å². The first-order valence-electron chi connectivity index (χ1n) is 10.6. The van der Waals surface area contributed by atoms with Crippen LogP contribution < -0.4 is 4.90 Å². The number of hydrogen-bond acceptors (Lipinski definition) is 2. The number of amides is 1. The topological polar surface area (TPSA) is 23.6 Å². The Morgan fingerprint density at radius 1 is 0.767 bits per heavy atom. The molecule has 0 spiro atoms. The van der Waals surface area contributed by atoms with Gasteiger partial charge in [0.05, 0.1) is 0 Å². The molecule has 3 nitrogen and oxygen atoms in total. The van der Waals surface area contributed by atoms with Crippen molar-refractivity contribution < 1.29 is 4.79 Å². The van der Waals surface area contributed by atoms with Crippen molar-refractivity contribution in [2.45, 2.75) is 13.8 Å². The van der Waals surface area contributed by atoms with Crippen molar-refractivity contribution in [2.75, 3.05) is 31.1 Å². The van der Waals surface area contributed by atoms with E-state index in [1.807, 2.05) is 71.6 Å². The fraction of sp³-hybridized carbons (Fsp3) is 0.222. The van der Waals surface area contributed by atoms with Crippen molar-refractivity contribution in [3.05, 3.63) is 101 Å². The molecule has 30 heavy (non-hydrogen) atoms. The predicted octanol–water partition coefficient (Wildman–Crippen LogP) is 5.19. The van der Waals surface area contributed by atoms with Crippen molar-refractivity contribution in [1.82, 2.24) is 4.90 Å². The highest BCUT2D eigenvalue weighted by Gasteiger charge is 2.25. The van der Waals surface area contributed by atoms with Crippen LogP contribution in [0.15, 0.2) is 78.9 Å². The molecule has 1 saturated heterocycles. The normalized spacial score (nSPS) is 14.7. The van der Waals surface area contributed by atoms with Crippen LogP contribution in [0, 0.1) is 13.8 Å². The second kappa shape index (κ2) is 9.00. The Labute approximate surface area is 179 Å². The molecular formula is C27H28N2O. The molecule has 0 unspecified atom stereocenters. The number of aryl methyl sites for hydroxylation is 1. The third-order valence-electron chi connectivity index (χ3n) is 5.91. The summed E-state index contributed by atoms with van der Waals surface area (Å²) in [5.41, 5.74) is 6.67. The number of rotatable bonds is 4. The van der Waals surface area contributed by atoms with E-state index in [9.17, 15) is 4.79 Å². The molecule has 0 aliphatic carbocycles. The van der Waals surface area contributed by atoms with Gasteiger partial charge in [-0.3, -0.25) is 4.79 Å². The molecule has 0 saturated carbocycles. The van der Waals surface area contributed by atoms with Crippen molar-refractivity contribution in [3.8, 4) is 0 Å². The monoisotopic (exact) mass is 396 g/mol. The molecule has 1 amide bonds. The van der Waals surface area contributed by atoms with Gasteiger partial charge in [-0.25, -0.2) is 0 Å². The molecule has 3 heteroatoms. The minimum atomic E-state index is 0.102. The van der Waals surface area contributed by atoms with Gasteiger partial charge >= 0.3 is 0 Å². The van der Waals surface area contributed by atoms with Crippen molar-refractivity contribution in [1.29, 1.82) is 0 Å². The maximum absolute atomic E-state index is 13.5. The summed E-state index contributed by atoms with van der Waals surface area (Å²) in [6, 6.07) is 26.5. The van der Waals surface area contributed by atoms with E-state index in [-0.39, 0.29) is 5.91 Å². The molecule has 0 radical (unpaired) electrons. The maximum Gasteiger partial charge on any atom is 0.254 e. The molecule has 1 aliphatic rings. The number of anilines is 1. The van der Waals surface area contributed by atoms with Crippen LogP contribution in [-0.4, -0.2) is 37.0 Å². The summed E-state index contributed by atoms with van der Waals surface area (Å²) in [5, 5.41) is 0. The van der Waals surface area contributed by atoms with E-state index in [1.165, 1.54) is 16.8 Å². The summed E-state index contributed by atoms with van der Waals surface area (Å²) in [4.78, 5) is 17.9. The quantitative estimate of drug-likeness (QED) is 0.447. The Bertz CT molecular complexity index is 1030. The van der Waals surface area contributed by atoms with Gasteiger partial charge in [0.1, 0.15) is 0 Å². The average Bonchev–Trinajstić information content (AvgIpc) is 2.80. The van der Waals surface area contributed by atoms with Gasteiger partial charge in [0, 0.05) is 37.4 Å². The fourth-order valence-electron chi connectivity index (χ4n) is 4.00. The lowest BCUT2D eigenvalue weighted by Gasteiger charge is -2.37. The van der Waals surface area contributed by atoms with E-state index in [0.29, 0.717) is 0 Å². The highest BCUT2D eigenvalue weighted by molar-refractivity contribution is 6.24. The van der Waals surface area contributed by atoms with Crippen molar-refractivity contribution in [2.24, 2.45) is 0 Å². The number of benzene rings is 3. The number of carbonyl (C=O) groups excluding carboxylic acids is 1. The first kappa shape index (κ1) is 20.0. The maximum atomic E-state index is 13.5. The molecule has 0 atom stereocenters. The van der Waals surface area contributed by atoms with Crippen LogP contribution in [0.25, 0.3) is 11.6 Å². The summed E-state index contributed by atoms with van der Waals surface area (Å²) in [7, 11) is 0. The smallest absolute Gasteiger partial charge is 0.254 e. The zero-order valence-electron chi connectivity index (χ0n) is 17.7. The first-order valence-corrected chi connectivity index (χ1v) is 10.6. The van der Waals surface area contributed by atoms with E-state index in [0.717, 1.165) is 42.9 Å². The second-order valence-corrected chi connectivity index (χ2v) is 7.83. The summed E-state index contributed by atoms with van der Waals surface area (Å²) < 4.78 is 0. The van der Waals surface area contributed by atoms with Crippen LogP contribution in [0.3, 0.4) is 0 Å². The molecule has 3 aromatic carbocycles. The Balaban J connectivity index is 1.55. The predicted molar refractivity (Wildman–Crippen MR) is 125 cm³/mol. The Morgan fingerprint density at radius 3 is 2.07 bits per heavy atom. The molecule has 0 N–H and O–H groups in total. The summed E-state index contributed by atoms with van der Waals surface area (Å²) in [5.74, 6) is 0.102. The Kier molecular flexibility index (Phi) is 5.99. The lowest BCUT2D eigenvalue weighted by molar-refractivity contribution is -0.125. The minimum absolute atomic E-state index is 0.102. The zero-order valence-corrected chi connectivity index (χ0v) is 17.7. The molecular weight excluding hydrogens is 368 g/mol. The molecule has 0 bridgehead atoms. The van der Waals surface area contributed by atoms with Gasteiger partial charge in [0.15, 0.2) is 0 Å². The van der Waals surface area contributed by atoms with E-state index in [2.05, 4.69) is 36.9 Å². The first-order chi connectivity index (χ1) is 14.6. The Hall–Kier alpha value is -3.33. The molecule has 4 rings (SSSR count). The third kappa shape index (κ3) is 4.30. The van der Waals surface area contributed by atoms with E-state index >= 15 is 0 Å². The molecule has 1 aliphatic heterocycles. The van der Waals surface area contributed by atoms with Gasteiger partial charge in [-0.15, -0.1) is 0 Å². The van der Waals surface area contributed by atoms with Crippen LogP contribution in [0.2, 0.25) is 0 Å². The SMILES string of the molecule is Cc1cccc(N2CCN(C(=O)/C(=C/c3ccccc3)c3ccccc3)CC2)c1C. The number of hydrogen-bond donors (Lipinski definition) is 0. The van der Waals surface area contributed by atoms with E-state index in [4.69, 9.17) is 0 Å².